The van der Waals surface area contributed by atoms with E-state index in [0.29, 0.717) is 10.1 Å². The molecule has 1 aliphatic rings. The van der Waals surface area contributed by atoms with Gasteiger partial charge in [-0.2, -0.15) is 0 Å². The first-order chi connectivity index (χ1) is 12.1. The summed E-state index contributed by atoms with van der Waals surface area (Å²) in [4.78, 5) is 17.5. The second kappa shape index (κ2) is 6.80. The van der Waals surface area contributed by atoms with Crippen LogP contribution in [0.5, 0.6) is 0 Å². The Morgan fingerprint density at radius 1 is 1.12 bits per heavy atom. The SMILES string of the molecule is Cc1ccc(N=C2NC(=O)/C(=C\c3cc(C)n(C(C)(C)C)c3C)S2)cc1. The first-order valence-electron chi connectivity index (χ1n) is 8.71. The van der Waals surface area contributed by atoms with Crippen molar-refractivity contribution in [1.29, 1.82) is 0 Å². The maximum absolute atomic E-state index is 12.3. The summed E-state index contributed by atoms with van der Waals surface area (Å²) in [6, 6.07) is 10.1. The monoisotopic (exact) mass is 367 g/mol. The molecule has 1 aromatic heterocycles. The van der Waals surface area contributed by atoms with Crippen molar-refractivity contribution in [2.24, 2.45) is 4.99 Å². The minimum Gasteiger partial charge on any atom is -0.343 e. The Morgan fingerprint density at radius 2 is 1.77 bits per heavy atom. The van der Waals surface area contributed by atoms with Crippen LogP contribution in [-0.2, 0) is 10.3 Å². The molecule has 0 unspecified atom stereocenters. The highest BCUT2D eigenvalue weighted by molar-refractivity contribution is 8.18. The van der Waals surface area contributed by atoms with E-state index in [1.807, 2.05) is 37.3 Å². The Kier molecular flexibility index (Phi) is 4.84. The number of amides is 1. The van der Waals surface area contributed by atoms with Gasteiger partial charge in [-0.25, -0.2) is 4.99 Å². The van der Waals surface area contributed by atoms with Crippen LogP contribution in [0.4, 0.5) is 5.69 Å². The molecule has 2 aromatic rings. The minimum atomic E-state index is -0.0959. The van der Waals surface area contributed by atoms with Gasteiger partial charge < -0.3 is 9.88 Å². The molecule has 26 heavy (non-hydrogen) atoms. The summed E-state index contributed by atoms with van der Waals surface area (Å²) in [6.45, 7) is 12.8. The van der Waals surface area contributed by atoms with E-state index in [2.05, 4.69) is 55.6 Å². The van der Waals surface area contributed by atoms with Gasteiger partial charge in [-0.15, -0.1) is 0 Å². The Balaban J connectivity index is 1.89. The number of aromatic nitrogens is 1. The van der Waals surface area contributed by atoms with Crippen molar-refractivity contribution in [2.75, 3.05) is 0 Å². The number of nitrogens with one attached hydrogen (secondary N) is 1. The van der Waals surface area contributed by atoms with Crippen molar-refractivity contribution < 1.29 is 4.79 Å². The molecule has 1 N–H and O–H groups in total. The summed E-state index contributed by atoms with van der Waals surface area (Å²) in [6.07, 6.45) is 1.96. The first kappa shape index (κ1) is 18.5. The van der Waals surface area contributed by atoms with Gasteiger partial charge in [0.05, 0.1) is 10.6 Å². The fourth-order valence-electron chi connectivity index (χ4n) is 3.32. The van der Waals surface area contributed by atoms with Crippen LogP contribution >= 0.6 is 11.8 Å². The molecule has 1 amide bonds. The van der Waals surface area contributed by atoms with Gasteiger partial charge in [-0.3, -0.25) is 4.79 Å². The summed E-state index contributed by atoms with van der Waals surface area (Å²) < 4.78 is 2.30. The van der Waals surface area contributed by atoms with Crippen molar-refractivity contribution in [2.45, 2.75) is 47.1 Å². The Bertz CT molecular complexity index is 912. The number of aryl methyl sites for hydroxylation is 2. The van der Waals surface area contributed by atoms with Gasteiger partial charge in [0.1, 0.15) is 0 Å². The lowest BCUT2D eigenvalue weighted by Crippen LogP contribution is -2.24. The normalized spacial score (nSPS) is 18.0. The van der Waals surface area contributed by atoms with Crippen LogP contribution in [0.1, 0.15) is 43.3 Å². The predicted octanol–water partition coefficient (Wildman–Crippen LogP) is 5.06. The molecular formula is C21H25N3OS. The average Bonchev–Trinajstić information content (AvgIpc) is 3.01. The van der Waals surface area contributed by atoms with E-state index in [9.17, 15) is 4.79 Å². The van der Waals surface area contributed by atoms with Gasteiger partial charge in [0.2, 0.25) is 0 Å². The Hall–Kier alpha value is -2.27. The van der Waals surface area contributed by atoms with E-state index >= 15 is 0 Å². The molecular weight excluding hydrogens is 342 g/mol. The van der Waals surface area contributed by atoms with Crippen LogP contribution in [0.2, 0.25) is 0 Å². The maximum atomic E-state index is 12.3. The molecule has 0 spiro atoms. The van der Waals surface area contributed by atoms with E-state index < -0.39 is 0 Å². The summed E-state index contributed by atoms with van der Waals surface area (Å²) in [7, 11) is 0. The molecule has 0 atom stereocenters. The fourth-order valence-corrected chi connectivity index (χ4v) is 4.16. The van der Waals surface area contributed by atoms with Crippen molar-refractivity contribution in [3.63, 3.8) is 0 Å². The number of hydrogen-bond acceptors (Lipinski definition) is 3. The number of benzene rings is 1. The van der Waals surface area contributed by atoms with E-state index in [0.717, 1.165) is 11.3 Å². The Labute approximate surface area is 159 Å². The van der Waals surface area contributed by atoms with Gasteiger partial charge in [0.25, 0.3) is 5.91 Å². The molecule has 3 rings (SSSR count). The van der Waals surface area contributed by atoms with Crippen LogP contribution < -0.4 is 5.32 Å². The number of thioether (sulfide) groups is 1. The number of amidine groups is 1. The second-order valence-electron chi connectivity index (χ2n) is 7.65. The molecule has 0 aliphatic carbocycles. The number of rotatable bonds is 2. The fraction of sp³-hybridized carbons (Fsp3) is 0.333. The highest BCUT2D eigenvalue weighted by Gasteiger charge is 2.25. The molecule has 0 radical (unpaired) electrons. The molecule has 2 heterocycles. The van der Waals surface area contributed by atoms with E-state index in [1.165, 1.54) is 28.7 Å². The Morgan fingerprint density at radius 3 is 2.35 bits per heavy atom. The first-order valence-corrected chi connectivity index (χ1v) is 9.52. The number of nitrogens with zero attached hydrogens (tertiary/aromatic N) is 2. The largest absolute Gasteiger partial charge is 0.343 e. The number of hydrogen-bond donors (Lipinski definition) is 1. The van der Waals surface area contributed by atoms with E-state index in [1.54, 1.807) is 0 Å². The molecule has 1 saturated heterocycles. The van der Waals surface area contributed by atoms with Crippen LogP contribution in [0.3, 0.4) is 0 Å². The highest BCUT2D eigenvalue weighted by Crippen LogP contribution is 2.31. The smallest absolute Gasteiger partial charge is 0.264 e. The third kappa shape index (κ3) is 3.78. The third-order valence-electron chi connectivity index (χ3n) is 4.34. The second-order valence-corrected chi connectivity index (χ2v) is 8.68. The van der Waals surface area contributed by atoms with Gasteiger partial charge in [-0.1, -0.05) is 17.7 Å². The van der Waals surface area contributed by atoms with Gasteiger partial charge >= 0.3 is 0 Å². The lowest BCUT2D eigenvalue weighted by molar-refractivity contribution is -0.115. The van der Waals surface area contributed by atoms with Gasteiger partial charge in [0, 0.05) is 16.9 Å². The average molecular weight is 368 g/mol. The zero-order valence-corrected chi connectivity index (χ0v) is 17.0. The summed E-state index contributed by atoms with van der Waals surface area (Å²) in [5, 5.41) is 3.48. The highest BCUT2D eigenvalue weighted by atomic mass is 32.2. The minimum absolute atomic E-state index is 0.00800. The topological polar surface area (TPSA) is 46.4 Å². The number of carbonyl (C=O) groups excluding carboxylic acids is 1. The van der Waals surface area contributed by atoms with E-state index in [-0.39, 0.29) is 11.4 Å². The molecule has 1 fully saturated rings. The van der Waals surface area contributed by atoms with Crippen molar-refractivity contribution in [1.82, 2.24) is 9.88 Å². The van der Waals surface area contributed by atoms with Crippen molar-refractivity contribution in [3.8, 4) is 0 Å². The zero-order chi connectivity index (χ0) is 19.1. The van der Waals surface area contributed by atoms with Crippen LogP contribution in [0.15, 0.2) is 40.2 Å². The lowest BCUT2D eigenvalue weighted by Gasteiger charge is -2.25. The molecule has 0 bridgehead atoms. The van der Waals surface area contributed by atoms with Crippen LogP contribution in [0, 0.1) is 20.8 Å². The van der Waals surface area contributed by atoms with E-state index in [4.69, 9.17) is 0 Å². The number of carbonyl (C=O) groups is 1. The third-order valence-corrected chi connectivity index (χ3v) is 5.25. The maximum Gasteiger partial charge on any atom is 0.264 e. The lowest BCUT2D eigenvalue weighted by atomic mass is 10.1. The summed E-state index contributed by atoms with van der Waals surface area (Å²) in [5.41, 5.74) is 5.47. The summed E-state index contributed by atoms with van der Waals surface area (Å²) in [5.74, 6) is -0.0959. The zero-order valence-electron chi connectivity index (χ0n) is 16.2. The van der Waals surface area contributed by atoms with Gasteiger partial charge in [0.15, 0.2) is 5.17 Å². The van der Waals surface area contributed by atoms with Crippen LogP contribution in [0.25, 0.3) is 6.08 Å². The summed E-state index contributed by atoms with van der Waals surface area (Å²) >= 11 is 1.39. The quantitative estimate of drug-likeness (QED) is 0.754. The number of aliphatic imine (C=N–C) groups is 1. The van der Waals surface area contributed by atoms with Crippen molar-refractivity contribution >= 4 is 34.6 Å². The van der Waals surface area contributed by atoms with Gasteiger partial charge in [-0.05, 0) is 83.1 Å². The molecule has 0 saturated carbocycles. The molecule has 1 aromatic carbocycles. The molecule has 5 heteroatoms. The van der Waals surface area contributed by atoms with Crippen molar-refractivity contribution in [3.05, 3.63) is 57.8 Å². The molecule has 4 nitrogen and oxygen atoms in total. The molecule has 136 valence electrons. The standard InChI is InChI=1S/C21H25N3OS/c1-13-7-9-17(10-8-13)22-20-23-19(25)18(26-20)12-16-11-14(2)24(15(16)3)21(4,5)6/h7-12H,1-6H3,(H,22,23,25)/b18-12+. The predicted molar refractivity (Wildman–Crippen MR) is 111 cm³/mol. The van der Waals surface area contributed by atoms with Crippen LogP contribution in [-0.4, -0.2) is 15.6 Å². The molecule has 1 aliphatic heterocycles.